The van der Waals surface area contributed by atoms with Crippen LogP contribution in [0.25, 0.3) is 0 Å². The van der Waals surface area contributed by atoms with Crippen molar-refractivity contribution >= 4 is 11.8 Å². The smallest absolute Gasteiger partial charge is 0.257 e. The van der Waals surface area contributed by atoms with E-state index >= 15 is 0 Å². The standard InChI is InChI=1S/C25H35N3O6/c1-16-22(32-5)14-28(3)25(30)19-12-17(13-26)6-8-20(19)33-15-23-21(31-4)9-7-18(34-23)10-11-27(2)24(16)29/h6,8,12,16,18,21-23H,7,9-11,14-15H2,1-5H3/t16-,18-,21+,22+,23-/m0/s1. The third-order valence-corrected chi connectivity index (χ3v) is 6.81. The Labute approximate surface area is 201 Å². The second-order valence-electron chi connectivity index (χ2n) is 9.08. The molecule has 1 aromatic carbocycles. The predicted molar refractivity (Wildman–Crippen MR) is 125 cm³/mol. The molecule has 2 bridgehead atoms. The van der Waals surface area contributed by atoms with E-state index in [0.29, 0.717) is 24.3 Å². The van der Waals surface area contributed by atoms with Gasteiger partial charge in [0.05, 0.1) is 41.4 Å². The van der Waals surface area contributed by atoms with E-state index in [9.17, 15) is 14.9 Å². The fraction of sp³-hybridized carbons (Fsp3) is 0.640. The molecular formula is C25H35N3O6. The molecule has 34 heavy (non-hydrogen) atoms. The SMILES string of the molecule is CO[C@@H]1CC[C@H]2CCN(C)C(=O)[C@@H](C)[C@H](OC)CN(C)C(=O)c3cc(C#N)ccc3OC[C@@H]1O2. The molecule has 0 aromatic heterocycles. The van der Waals surface area contributed by atoms with E-state index in [-0.39, 0.29) is 48.8 Å². The second kappa shape index (κ2) is 11.6. The van der Waals surface area contributed by atoms with Crippen LogP contribution < -0.4 is 4.74 Å². The molecule has 2 amide bonds. The van der Waals surface area contributed by atoms with Crippen molar-refractivity contribution in [1.82, 2.24) is 9.80 Å². The van der Waals surface area contributed by atoms with Gasteiger partial charge in [0.1, 0.15) is 18.5 Å². The normalized spacial score (nSPS) is 29.2. The zero-order chi connectivity index (χ0) is 24.8. The Kier molecular flexibility index (Phi) is 8.89. The minimum Gasteiger partial charge on any atom is -0.490 e. The maximum atomic E-state index is 13.4. The van der Waals surface area contributed by atoms with Gasteiger partial charge in [-0.25, -0.2) is 0 Å². The molecule has 0 radical (unpaired) electrons. The summed E-state index contributed by atoms with van der Waals surface area (Å²) in [5.74, 6) is -0.434. The van der Waals surface area contributed by atoms with Gasteiger partial charge in [-0.1, -0.05) is 6.92 Å². The summed E-state index contributed by atoms with van der Waals surface area (Å²) >= 11 is 0. The van der Waals surface area contributed by atoms with Crippen LogP contribution in [-0.2, 0) is 19.0 Å². The van der Waals surface area contributed by atoms with Crippen molar-refractivity contribution in [3.8, 4) is 11.8 Å². The van der Waals surface area contributed by atoms with Crippen LogP contribution in [0.3, 0.4) is 0 Å². The molecule has 186 valence electrons. The summed E-state index contributed by atoms with van der Waals surface area (Å²) in [5.41, 5.74) is 0.636. The Hall–Kier alpha value is -2.67. The first-order chi connectivity index (χ1) is 16.3. The number of ether oxygens (including phenoxy) is 4. The molecule has 2 aliphatic heterocycles. The van der Waals surface area contributed by atoms with E-state index in [2.05, 4.69) is 6.07 Å². The van der Waals surface area contributed by atoms with Gasteiger partial charge in [-0.2, -0.15) is 5.26 Å². The van der Waals surface area contributed by atoms with Crippen molar-refractivity contribution in [3.63, 3.8) is 0 Å². The van der Waals surface area contributed by atoms with Gasteiger partial charge in [0, 0.05) is 41.4 Å². The highest BCUT2D eigenvalue weighted by Crippen LogP contribution is 2.28. The second-order valence-corrected chi connectivity index (χ2v) is 9.08. The minimum atomic E-state index is -0.488. The van der Waals surface area contributed by atoms with E-state index in [4.69, 9.17) is 18.9 Å². The maximum absolute atomic E-state index is 13.4. The van der Waals surface area contributed by atoms with Crippen LogP contribution in [0.4, 0.5) is 0 Å². The molecule has 0 saturated carbocycles. The monoisotopic (exact) mass is 473 g/mol. The highest BCUT2D eigenvalue weighted by Gasteiger charge is 2.34. The molecule has 9 nitrogen and oxygen atoms in total. The highest BCUT2D eigenvalue weighted by molar-refractivity contribution is 5.97. The number of benzene rings is 1. The molecule has 1 fully saturated rings. The Bertz CT molecular complexity index is 916. The molecule has 1 aromatic rings. The lowest BCUT2D eigenvalue weighted by Crippen LogP contribution is -2.47. The molecule has 9 heteroatoms. The molecule has 3 rings (SSSR count). The van der Waals surface area contributed by atoms with Gasteiger partial charge in [-0.05, 0) is 37.5 Å². The molecular weight excluding hydrogens is 438 g/mol. The van der Waals surface area contributed by atoms with Crippen molar-refractivity contribution in [2.45, 2.75) is 50.6 Å². The van der Waals surface area contributed by atoms with Gasteiger partial charge in [0.25, 0.3) is 5.91 Å². The van der Waals surface area contributed by atoms with Crippen molar-refractivity contribution in [2.75, 3.05) is 48.0 Å². The summed E-state index contributed by atoms with van der Waals surface area (Å²) in [6, 6.07) is 6.86. The molecule has 5 atom stereocenters. The Balaban J connectivity index is 1.96. The Morgan fingerprint density at radius 2 is 1.79 bits per heavy atom. The zero-order valence-corrected chi connectivity index (χ0v) is 20.7. The van der Waals surface area contributed by atoms with Crippen LogP contribution >= 0.6 is 0 Å². The maximum Gasteiger partial charge on any atom is 0.257 e. The number of nitrogens with zero attached hydrogens (tertiary/aromatic N) is 3. The molecule has 0 unspecified atom stereocenters. The van der Waals surface area contributed by atoms with Crippen molar-refractivity contribution < 1.29 is 28.5 Å². The largest absolute Gasteiger partial charge is 0.490 e. The summed E-state index contributed by atoms with van der Waals surface area (Å²) in [4.78, 5) is 29.7. The molecule has 2 heterocycles. The average molecular weight is 474 g/mol. The first-order valence-electron chi connectivity index (χ1n) is 11.7. The van der Waals surface area contributed by atoms with E-state index in [1.165, 1.54) is 18.1 Å². The van der Waals surface area contributed by atoms with Crippen LogP contribution in [0.1, 0.15) is 42.1 Å². The third-order valence-electron chi connectivity index (χ3n) is 6.81. The summed E-state index contributed by atoms with van der Waals surface area (Å²) in [6.07, 6.45) is 1.40. The first kappa shape index (κ1) is 25.9. The molecule has 0 N–H and O–H groups in total. The number of nitriles is 1. The molecule has 2 aliphatic rings. The average Bonchev–Trinajstić information content (AvgIpc) is 2.86. The first-order valence-corrected chi connectivity index (χ1v) is 11.7. The number of carbonyl (C=O) groups is 2. The molecule has 0 spiro atoms. The van der Waals surface area contributed by atoms with Crippen molar-refractivity contribution in [1.29, 1.82) is 5.26 Å². The van der Waals surface area contributed by atoms with Crippen LogP contribution in [0, 0.1) is 17.2 Å². The lowest BCUT2D eigenvalue weighted by Gasteiger charge is -2.37. The fourth-order valence-electron chi connectivity index (χ4n) is 4.58. The third kappa shape index (κ3) is 5.87. The van der Waals surface area contributed by atoms with Crippen molar-refractivity contribution in [2.24, 2.45) is 5.92 Å². The van der Waals surface area contributed by atoms with Gasteiger partial charge < -0.3 is 28.7 Å². The number of hydrogen-bond donors (Lipinski definition) is 0. The number of hydrogen-bond acceptors (Lipinski definition) is 7. The predicted octanol–water partition coefficient (Wildman–Crippen LogP) is 2.08. The lowest BCUT2D eigenvalue weighted by molar-refractivity contribution is -0.147. The Morgan fingerprint density at radius 3 is 2.47 bits per heavy atom. The van der Waals surface area contributed by atoms with E-state index in [1.54, 1.807) is 38.2 Å². The van der Waals surface area contributed by atoms with Crippen LogP contribution in [0.15, 0.2) is 18.2 Å². The van der Waals surface area contributed by atoms with E-state index in [0.717, 1.165) is 12.8 Å². The molecule has 0 aliphatic carbocycles. The lowest BCUT2D eigenvalue weighted by atomic mass is 9.98. The summed E-state index contributed by atoms with van der Waals surface area (Å²) in [6.45, 7) is 2.80. The fourth-order valence-corrected chi connectivity index (χ4v) is 4.58. The van der Waals surface area contributed by atoms with Crippen LogP contribution in [0.5, 0.6) is 5.75 Å². The number of fused-ring (bicyclic) bond motifs is 3. The summed E-state index contributed by atoms with van der Waals surface area (Å²) < 4.78 is 23.6. The quantitative estimate of drug-likeness (QED) is 0.648. The van der Waals surface area contributed by atoms with Gasteiger partial charge in [0.15, 0.2) is 0 Å². The van der Waals surface area contributed by atoms with Crippen molar-refractivity contribution in [3.05, 3.63) is 29.3 Å². The summed E-state index contributed by atoms with van der Waals surface area (Å²) in [7, 11) is 6.62. The number of methoxy groups -OCH3 is 2. The number of amides is 2. The van der Waals surface area contributed by atoms with Crippen LogP contribution in [-0.4, -0.2) is 94.0 Å². The minimum absolute atomic E-state index is 0.0233. The highest BCUT2D eigenvalue weighted by atomic mass is 16.6. The van der Waals surface area contributed by atoms with Gasteiger partial charge in [0.2, 0.25) is 5.91 Å². The van der Waals surface area contributed by atoms with Gasteiger partial charge in [-0.15, -0.1) is 0 Å². The number of likely N-dealkylation sites (N-methyl/N-ethyl adjacent to an activating group) is 1. The van der Waals surface area contributed by atoms with E-state index < -0.39 is 12.0 Å². The topological polar surface area (TPSA) is 101 Å². The van der Waals surface area contributed by atoms with Gasteiger partial charge >= 0.3 is 0 Å². The molecule has 1 saturated heterocycles. The van der Waals surface area contributed by atoms with Gasteiger partial charge in [-0.3, -0.25) is 9.59 Å². The van der Waals surface area contributed by atoms with Crippen LogP contribution in [0.2, 0.25) is 0 Å². The number of carbonyl (C=O) groups excluding carboxylic acids is 2. The van der Waals surface area contributed by atoms with E-state index in [1.807, 2.05) is 6.92 Å². The summed E-state index contributed by atoms with van der Waals surface area (Å²) in [5, 5.41) is 9.36. The zero-order valence-electron chi connectivity index (χ0n) is 20.7. The number of rotatable bonds is 2. The Morgan fingerprint density at radius 1 is 1.06 bits per heavy atom.